The SMILES string of the molecule is CC(=O)Nc1ccc(N2CCN(C(=O)c3ccc(C)c(C)c3)CC2)cc1. The summed E-state index contributed by atoms with van der Waals surface area (Å²) in [6, 6.07) is 13.7. The molecule has 0 atom stereocenters. The molecule has 2 aromatic carbocycles. The summed E-state index contributed by atoms with van der Waals surface area (Å²) in [6.07, 6.45) is 0. The average molecular weight is 351 g/mol. The van der Waals surface area contributed by atoms with E-state index in [4.69, 9.17) is 0 Å². The molecule has 1 saturated heterocycles. The van der Waals surface area contributed by atoms with Gasteiger partial charge in [0.05, 0.1) is 0 Å². The summed E-state index contributed by atoms with van der Waals surface area (Å²) in [5.74, 6) is 0.0324. The number of hydrogen-bond donors (Lipinski definition) is 1. The molecular weight excluding hydrogens is 326 g/mol. The molecule has 0 saturated carbocycles. The fourth-order valence-corrected chi connectivity index (χ4v) is 3.18. The van der Waals surface area contributed by atoms with Gasteiger partial charge in [-0.25, -0.2) is 0 Å². The summed E-state index contributed by atoms with van der Waals surface area (Å²) in [6.45, 7) is 8.61. The lowest BCUT2D eigenvalue weighted by atomic mass is 10.1. The fourth-order valence-electron chi connectivity index (χ4n) is 3.18. The van der Waals surface area contributed by atoms with Crippen molar-refractivity contribution in [1.82, 2.24) is 4.90 Å². The van der Waals surface area contributed by atoms with Crippen molar-refractivity contribution in [2.24, 2.45) is 0 Å². The third kappa shape index (κ3) is 4.04. The van der Waals surface area contributed by atoms with Crippen LogP contribution in [0.2, 0.25) is 0 Å². The number of nitrogens with zero attached hydrogens (tertiary/aromatic N) is 2. The van der Waals surface area contributed by atoms with E-state index in [1.54, 1.807) is 0 Å². The van der Waals surface area contributed by atoms with Crippen LogP contribution in [0.5, 0.6) is 0 Å². The second kappa shape index (κ2) is 7.60. The number of aryl methyl sites for hydroxylation is 2. The smallest absolute Gasteiger partial charge is 0.253 e. The van der Waals surface area contributed by atoms with Gasteiger partial charge >= 0.3 is 0 Å². The molecule has 1 aliphatic heterocycles. The molecule has 136 valence electrons. The maximum absolute atomic E-state index is 12.7. The maximum Gasteiger partial charge on any atom is 0.253 e. The number of carbonyl (C=O) groups is 2. The molecule has 3 rings (SSSR count). The molecule has 0 bridgehead atoms. The van der Waals surface area contributed by atoms with Gasteiger partial charge in [-0.05, 0) is 61.4 Å². The van der Waals surface area contributed by atoms with Gasteiger partial charge in [0.25, 0.3) is 5.91 Å². The second-order valence-electron chi connectivity index (χ2n) is 6.81. The summed E-state index contributed by atoms with van der Waals surface area (Å²) in [5.41, 5.74) is 5.02. The minimum Gasteiger partial charge on any atom is -0.368 e. The van der Waals surface area contributed by atoms with E-state index in [9.17, 15) is 9.59 Å². The average Bonchev–Trinajstić information content (AvgIpc) is 2.64. The van der Waals surface area contributed by atoms with Gasteiger partial charge in [0.1, 0.15) is 0 Å². The topological polar surface area (TPSA) is 52.7 Å². The van der Waals surface area contributed by atoms with Crippen LogP contribution in [0.25, 0.3) is 0 Å². The van der Waals surface area contributed by atoms with Crippen LogP contribution < -0.4 is 10.2 Å². The lowest BCUT2D eigenvalue weighted by Gasteiger charge is -2.36. The molecule has 0 unspecified atom stereocenters. The largest absolute Gasteiger partial charge is 0.368 e. The Balaban J connectivity index is 1.60. The van der Waals surface area contributed by atoms with E-state index in [0.29, 0.717) is 13.1 Å². The quantitative estimate of drug-likeness (QED) is 0.924. The number of hydrogen-bond acceptors (Lipinski definition) is 3. The van der Waals surface area contributed by atoms with Gasteiger partial charge in [-0.3, -0.25) is 9.59 Å². The molecule has 0 aromatic heterocycles. The van der Waals surface area contributed by atoms with Crippen molar-refractivity contribution in [3.05, 3.63) is 59.2 Å². The van der Waals surface area contributed by atoms with Crippen LogP contribution in [0.4, 0.5) is 11.4 Å². The number of piperazine rings is 1. The summed E-state index contributed by atoms with van der Waals surface area (Å²) in [5, 5.41) is 2.77. The van der Waals surface area contributed by atoms with Gasteiger partial charge in [0.2, 0.25) is 5.91 Å². The van der Waals surface area contributed by atoms with Crippen LogP contribution in [0.15, 0.2) is 42.5 Å². The van der Waals surface area contributed by atoms with Crippen molar-refractivity contribution in [2.45, 2.75) is 20.8 Å². The monoisotopic (exact) mass is 351 g/mol. The molecule has 1 heterocycles. The predicted octanol–water partition coefficient (Wildman–Crippen LogP) is 3.22. The summed E-state index contributed by atoms with van der Waals surface area (Å²) < 4.78 is 0. The molecule has 2 aromatic rings. The first-order valence-corrected chi connectivity index (χ1v) is 8.93. The van der Waals surface area contributed by atoms with Crippen molar-refractivity contribution in [3.63, 3.8) is 0 Å². The van der Waals surface area contributed by atoms with Gasteiger partial charge in [0.15, 0.2) is 0 Å². The first kappa shape index (κ1) is 18.0. The third-order valence-corrected chi connectivity index (χ3v) is 4.87. The minimum atomic E-state index is -0.0729. The number of amides is 2. The van der Waals surface area contributed by atoms with E-state index >= 15 is 0 Å². The van der Waals surface area contributed by atoms with Gasteiger partial charge in [-0.2, -0.15) is 0 Å². The molecular formula is C21H25N3O2. The maximum atomic E-state index is 12.7. The Morgan fingerprint density at radius 2 is 1.54 bits per heavy atom. The number of rotatable bonds is 3. The van der Waals surface area contributed by atoms with Crippen molar-refractivity contribution in [1.29, 1.82) is 0 Å². The zero-order valence-electron chi connectivity index (χ0n) is 15.6. The highest BCUT2D eigenvalue weighted by Gasteiger charge is 2.22. The van der Waals surface area contributed by atoms with Crippen LogP contribution in [-0.4, -0.2) is 42.9 Å². The first-order chi connectivity index (χ1) is 12.4. The Hall–Kier alpha value is -2.82. The molecule has 0 spiro atoms. The molecule has 5 nitrogen and oxygen atoms in total. The predicted molar refractivity (Wildman–Crippen MR) is 105 cm³/mol. The molecule has 26 heavy (non-hydrogen) atoms. The lowest BCUT2D eigenvalue weighted by Crippen LogP contribution is -2.48. The van der Waals surface area contributed by atoms with E-state index < -0.39 is 0 Å². The van der Waals surface area contributed by atoms with E-state index in [1.165, 1.54) is 12.5 Å². The van der Waals surface area contributed by atoms with Crippen molar-refractivity contribution < 1.29 is 9.59 Å². The zero-order chi connectivity index (χ0) is 18.7. The molecule has 1 fully saturated rings. The Morgan fingerprint density at radius 3 is 2.12 bits per heavy atom. The van der Waals surface area contributed by atoms with E-state index in [-0.39, 0.29) is 11.8 Å². The van der Waals surface area contributed by atoms with Crippen LogP contribution >= 0.6 is 0 Å². The van der Waals surface area contributed by atoms with E-state index in [2.05, 4.69) is 17.1 Å². The fraction of sp³-hybridized carbons (Fsp3) is 0.333. The highest BCUT2D eigenvalue weighted by molar-refractivity contribution is 5.94. The van der Waals surface area contributed by atoms with E-state index in [1.807, 2.05) is 54.3 Å². The Morgan fingerprint density at radius 1 is 0.885 bits per heavy atom. The number of nitrogens with one attached hydrogen (secondary N) is 1. The number of carbonyl (C=O) groups excluding carboxylic acids is 2. The Labute approximate surface area is 154 Å². The van der Waals surface area contributed by atoms with Crippen molar-refractivity contribution in [2.75, 3.05) is 36.4 Å². The summed E-state index contributed by atoms with van der Waals surface area (Å²) in [4.78, 5) is 28.0. The van der Waals surface area contributed by atoms with Gasteiger partial charge in [-0.1, -0.05) is 6.07 Å². The molecule has 5 heteroatoms. The molecule has 1 N–H and O–H groups in total. The minimum absolute atomic E-state index is 0.0729. The van der Waals surface area contributed by atoms with Crippen LogP contribution in [-0.2, 0) is 4.79 Å². The van der Waals surface area contributed by atoms with Gasteiger partial charge in [-0.15, -0.1) is 0 Å². The van der Waals surface area contributed by atoms with Gasteiger partial charge < -0.3 is 15.1 Å². The third-order valence-electron chi connectivity index (χ3n) is 4.87. The van der Waals surface area contributed by atoms with Crippen molar-refractivity contribution >= 4 is 23.2 Å². The Kier molecular flexibility index (Phi) is 5.26. The van der Waals surface area contributed by atoms with Crippen LogP contribution in [0.3, 0.4) is 0 Å². The van der Waals surface area contributed by atoms with Crippen LogP contribution in [0, 0.1) is 13.8 Å². The normalized spacial score (nSPS) is 14.3. The van der Waals surface area contributed by atoms with Crippen LogP contribution in [0.1, 0.15) is 28.4 Å². The summed E-state index contributed by atoms with van der Waals surface area (Å²) in [7, 11) is 0. The molecule has 2 amide bonds. The molecule has 1 aliphatic rings. The highest BCUT2D eigenvalue weighted by Crippen LogP contribution is 2.20. The number of anilines is 2. The lowest BCUT2D eigenvalue weighted by molar-refractivity contribution is -0.114. The molecule has 0 radical (unpaired) electrons. The van der Waals surface area contributed by atoms with Gasteiger partial charge in [0, 0.05) is 50.0 Å². The second-order valence-corrected chi connectivity index (χ2v) is 6.81. The standard InChI is InChI=1S/C21H25N3O2/c1-15-4-5-18(14-16(15)2)21(26)24-12-10-23(11-13-24)20-8-6-19(7-9-20)22-17(3)25/h4-9,14H,10-13H2,1-3H3,(H,22,25). The van der Waals surface area contributed by atoms with E-state index in [0.717, 1.165) is 35.6 Å². The zero-order valence-corrected chi connectivity index (χ0v) is 15.6. The highest BCUT2D eigenvalue weighted by atomic mass is 16.2. The Bertz CT molecular complexity index is 807. The van der Waals surface area contributed by atoms with Crippen molar-refractivity contribution in [3.8, 4) is 0 Å². The number of benzene rings is 2. The first-order valence-electron chi connectivity index (χ1n) is 8.93. The molecule has 0 aliphatic carbocycles. The summed E-state index contributed by atoms with van der Waals surface area (Å²) >= 11 is 0.